The van der Waals surface area contributed by atoms with Gasteiger partial charge >= 0.3 is 7.60 Å². The molecule has 0 atom stereocenters. The molecule has 5 heteroatoms. The van der Waals surface area contributed by atoms with Gasteiger partial charge in [0, 0.05) is 5.41 Å². The number of hydrogen-bond acceptors (Lipinski definition) is 4. The minimum Gasteiger partial charge on any atom is -0.306 e. The molecule has 0 radical (unpaired) electrons. The van der Waals surface area contributed by atoms with Crippen LogP contribution in [0.15, 0.2) is 0 Å². The third-order valence-corrected chi connectivity index (χ3v) is 6.65. The third kappa shape index (κ3) is 6.68. The molecule has 0 aliphatic heterocycles. The van der Waals surface area contributed by atoms with Gasteiger partial charge in [-0.3, -0.25) is 9.36 Å². The number of carbonyl (C=O) groups excluding carboxylic acids is 1. The Bertz CT molecular complexity index is 397. The summed E-state index contributed by atoms with van der Waals surface area (Å²) in [4.78, 5) is 13.1. The number of unbranched alkanes of at least 4 members (excludes halogenated alkanes) is 1. The summed E-state index contributed by atoms with van der Waals surface area (Å²) in [6.07, 6.45) is 7.76. The van der Waals surface area contributed by atoms with E-state index in [-0.39, 0.29) is 29.6 Å². The van der Waals surface area contributed by atoms with E-state index in [0.717, 1.165) is 44.9 Å². The molecule has 23 heavy (non-hydrogen) atoms. The number of Topliss-reactive ketones (excluding diaryl/α,β-unsaturated/α-hetero) is 1. The first-order chi connectivity index (χ1) is 10.7. The largest absolute Gasteiger partial charge is 0.338 e. The molecule has 1 fully saturated rings. The average Bonchev–Trinajstić information content (AvgIpc) is 2.43. The quantitative estimate of drug-likeness (QED) is 0.473. The number of rotatable bonds is 10. The SMILES string of the molecule is CCCCC1(C(=O)CP(=O)(OC(C)C)OC(C)C)CCCCC1. The summed E-state index contributed by atoms with van der Waals surface area (Å²) in [6, 6.07) is 0. The Morgan fingerprint density at radius 3 is 2.00 bits per heavy atom. The van der Waals surface area contributed by atoms with Crippen molar-refractivity contribution in [2.45, 2.75) is 98.2 Å². The molecule has 0 amide bonds. The molecule has 4 nitrogen and oxygen atoms in total. The van der Waals surface area contributed by atoms with Crippen molar-refractivity contribution in [1.29, 1.82) is 0 Å². The third-order valence-electron chi connectivity index (χ3n) is 4.49. The summed E-state index contributed by atoms with van der Waals surface area (Å²) in [7, 11) is -3.38. The molecule has 0 aromatic carbocycles. The Kier molecular flexibility index (Phi) is 8.47. The molecule has 0 saturated heterocycles. The molecule has 0 heterocycles. The second-order valence-electron chi connectivity index (χ2n) is 7.45. The lowest BCUT2D eigenvalue weighted by Gasteiger charge is -2.37. The van der Waals surface area contributed by atoms with Crippen molar-refractivity contribution < 1.29 is 18.4 Å². The molecule has 0 N–H and O–H groups in total. The van der Waals surface area contributed by atoms with Crippen LogP contribution in [0.4, 0.5) is 0 Å². The molecule has 1 aliphatic rings. The minimum atomic E-state index is -3.38. The lowest BCUT2D eigenvalue weighted by molar-refractivity contribution is -0.128. The Morgan fingerprint density at radius 1 is 1.04 bits per heavy atom. The first-order valence-electron chi connectivity index (χ1n) is 9.22. The lowest BCUT2D eigenvalue weighted by atomic mass is 9.68. The van der Waals surface area contributed by atoms with E-state index in [9.17, 15) is 9.36 Å². The van der Waals surface area contributed by atoms with Crippen molar-refractivity contribution in [3.8, 4) is 0 Å². The van der Waals surface area contributed by atoms with Crippen LogP contribution in [0.1, 0.15) is 86.0 Å². The fraction of sp³-hybridized carbons (Fsp3) is 0.944. The highest BCUT2D eigenvalue weighted by atomic mass is 31.2. The molecule has 0 unspecified atom stereocenters. The maximum absolute atomic E-state index is 13.1. The Hall–Kier alpha value is -0.180. The van der Waals surface area contributed by atoms with E-state index < -0.39 is 7.60 Å². The van der Waals surface area contributed by atoms with Crippen LogP contribution >= 0.6 is 7.60 Å². The zero-order valence-electron chi connectivity index (χ0n) is 15.6. The first-order valence-corrected chi connectivity index (χ1v) is 10.9. The Labute approximate surface area is 142 Å². The summed E-state index contributed by atoms with van der Waals surface area (Å²) in [5.74, 6) is 0.0929. The maximum Gasteiger partial charge on any atom is 0.338 e. The van der Waals surface area contributed by atoms with E-state index >= 15 is 0 Å². The highest BCUT2D eigenvalue weighted by molar-refractivity contribution is 7.54. The van der Waals surface area contributed by atoms with Gasteiger partial charge in [0.1, 0.15) is 6.16 Å². The maximum atomic E-state index is 13.1. The van der Waals surface area contributed by atoms with Crippen LogP contribution < -0.4 is 0 Å². The summed E-state index contributed by atoms with van der Waals surface area (Å²) in [6.45, 7) is 9.46. The molecule has 136 valence electrons. The van der Waals surface area contributed by atoms with Crippen LogP contribution in [0.3, 0.4) is 0 Å². The molecule has 0 spiro atoms. The van der Waals surface area contributed by atoms with Gasteiger partial charge in [0.05, 0.1) is 12.2 Å². The van der Waals surface area contributed by atoms with E-state index in [2.05, 4.69) is 6.92 Å². The van der Waals surface area contributed by atoms with Crippen molar-refractivity contribution >= 4 is 13.4 Å². The van der Waals surface area contributed by atoms with Gasteiger partial charge in [0.25, 0.3) is 0 Å². The highest BCUT2D eigenvalue weighted by Gasteiger charge is 2.43. The highest BCUT2D eigenvalue weighted by Crippen LogP contribution is 2.53. The van der Waals surface area contributed by atoms with Gasteiger partial charge in [-0.15, -0.1) is 0 Å². The predicted molar refractivity (Wildman–Crippen MR) is 95.0 cm³/mol. The molecule has 1 rings (SSSR count). The van der Waals surface area contributed by atoms with Crippen molar-refractivity contribution in [2.24, 2.45) is 5.41 Å². The van der Waals surface area contributed by atoms with Gasteiger partial charge in [-0.25, -0.2) is 0 Å². The van der Waals surface area contributed by atoms with Crippen LogP contribution in [0, 0.1) is 5.41 Å². The summed E-state index contributed by atoms with van der Waals surface area (Å²) < 4.78 is 24.2. The normalized spacial score (nSPS) is 18.6. The Morgan fingerprint density at radius 2 is 1.57 bits per heavy atom. The van der Waals surface area contributed by atoms with Gasteiger partial charge in [-0.2, -0.15) is 0 Å². The second-order valence-corrected chi connectivity index (χ2v) is 9.40. The molecule has 0 bridgehead atoms. The van der Waals surface area contributed by atoms with Gasteiger partial charge in [-0.1, -0.05) is 39.0 Å². The molecule has 1 aliphatic carbocycles. The molecular weight excluding hydrogens is 311 g/mol. The number of hydrogen-bond donors (Lipinski definition) is 0. The number of carbonyl (C=O) groups is 1. The summed E-state index contributed by atoms with van der Waals surface area (Å²) in [5.41, 5.74) is -0.301. The van der Waals surface area contributed by atoms with E-state index in [1.165, 1.54) is 6.42 Å². The lowest BCUT2D eigenvalue weighted by Crippen LogP contribution is -2.36. The van der Waals surface area contributed by atoms with Gasteiger partial charge in [0.15, 0.2) is 5.78 Å². The van der Waals surface area contributed by atoms with Crippen LogP contribution in [0.2, 0.25) is 0 Å². The van der Waals surface area contributed by atoms with Crippen LogP contribution in [0.25, 0.3) is 0 Å². The van der Waals surface area contributed by atoms with E-state index in [1.54, 1.807) is 0 Å². The summed E-state index contributed by atoms with van der Waals surface area (Å²) >= 11 is 0. The van der Waals surface area contributed by atoms with Crippen molar-refractivity contribution in [3.63, 3.8) is 0 Å². The fourth-order valence-corrected chi connectivity index (χ4v) is 5.67. The standard InChI is InChI=1S/C18H35O4P/c1-6-7-11-18(12-9-8-10-13-18)17(19)14-23(20,21-15(2)3)22-16(4)5/h15-16H,6-14H2,1-5H3. The van der Waals surface area contributed by atoms with Gasteiger partial charge in [-0.05, 0) is 47.0 Å². The molecule has 0 aromatic rings. The zero-order chi connectivity index (χ0) is 17.5. The van der Waals surface area contributed by atoms with E-state index in [4.69, 9.17) is 9.05 Å². The number of ketones is 1. The van der Waals surface area contributed by atoms with E-state index in [0.29, 0.717) is 0 Å². The Balaban J connectivity index is 2.90. The second kappa shape index (κ2) is 9.34. The van der Waals surface area contributed by atoms with Crippen molar-refractivity contribution in [3.05, 3.63) is 0 Å². The molecular formula is C18H35O4P. The topological polar surface area (TPSA) is 52.6 Å². The van der Waals surface area contributed by atoms with Crippen molar-refractivity contribution in [1.82, 2.24) is 0 Å². The predicted octanol–water partition coefficient (Wildman–Crippen LogP) is 5.74. The summed E-state index contributed by atoms with van der Waals surface area (Å²) in [5, 5.41) is 0. The van der Waals surface area contributed by atoms with Crippen molar-refractivity contribution in [2.75, 3.05) is 6.16 Å². The average molecular weight is 346 g/mol. The minimum absolute atomic E-state index is 0.0763. The van der Waals surface area contributed by atoms with E-state index in [1.807, 2.05) is 27.7 Å². The van der Waals surface area contributed by atoms with Gasteiger partial charge < -0.3 is 9.05 Å². The zero-order valence-corrected chi connectivity index (χ0v) is 16.5. The van der Waals surface area contributed by atoms with Gasteiger partial charge in [0.2, 0.25) is 0 Å². The monoisotopic (exact) mass is 346 g/mol. The fourth-order valence-electron chi connectivity index (χ4n) is 3.50. The smallest absolute Gasteiger partial charge is 0.306 e. The van der Waals surface area contributed by atoms with Crippen LogP contribution in [-0.4, -0.2) is 24.2 Å². The first kappa shape index (κ1) is 20.9. The molecule has 1 saturated carbocycles. The van der Waals surface area contributed by atoms with Crippen LogP contribution in [-0.2, 0) is 18.4 Å². The van der Waals surface area contributed by atoms with Crippen LogP contribution in [0.5, 0.6) is 0 Å². The molecule has 0 aromatic heterocycles.